The molecule has 0 saturated carbocycles. The maximum Gasteiger partial charge on any atom is 0.253 e. The van der Waals surface area contributed by atoms with Crippen LogP contribution in [0.1, 0.15) is 6.92 Å². The van der Waals surface area contributed by atoms with Crippen molar-refractivity contribution in [3.8, 4) is 0 Å². The van der Waals surface area contributed by atoms with Crippen LogP contribution in [0.5, 0.6) is 0 Å². The van der Waals surface area contributed by atoms with Gasteiger partial charge < -0.3 is 19.6 Å². The lowest BCUT2D eigenvalue weighted by Gasteiger charge is -2.44. The molecule has 3 aliphatic heterocycles. The molecule has 136 valence electrons. The van der Waals surface area contributed by atoms with Gasteiger partial charge in [0.2, 0.25) is 5.95 Å². The van der Waals surface area contributed by atoms with Crippen molar-refractivity contribution >= 4 is 11.9 Å². The van der Waals surface area contributed by atoms with E-state index in [-0.39, 0.29) is 5.91 Å². The first-order valence-electron chi connectivity index (χ1n) is 8.92. The maximum absolute atomic E-state index is 12.9. The van der Waals surface area contributed by atoms with Crippen molar-refractivity contribution in [2.24, 2.45) is 5.92 Å². The van der Waals surface area contributed by atoms with Gasteiger partial charge in [0.1, 0.15) is 0 Å². The van der Waals surface area contributed by atoms with Crippen LogP contribution in [0.15, 0.2) is 11.3 Å². The molecule has 0 unspecified atom stereocenters. The first-order valence-corrected chi connectivity index (χ1v) is 8.92. The monoisotopic (exact) mass is 346 g/mol. The zero-order valence-corrected chi connectivity index (χ0v) is 15.2. The highest BCUT2D eigenvalue weighted by atomic mass is 16.2. The standard InChI is InChI=1S/C16H26N8O/c1-12-14(11-24-16(21(12)3)17-18-19-24)15(25)23-9-13(10-23)8-22-6-4-20(2)5-7-22/h13H,4-11H2,1-3H3. The van der Waals surface area contributed by atoms with Crippen LogP contribution in [-0.2, 0) is 11.3 Å². The average Bonchev–Trinajstić information content (AvgIpc) is 3.04. The predicted octanol–water partition coefficient (Wildman–Crippen LogP) is -0.897. The number of piperazine rings is 1. The van der Waals surface area contributed by atoms with Crippen molar-refractivity contribution in [2.45, 2.75) is 13.5 Å². The summed E-state index contributed by atoms with van der Waals surface area (Å²) >= 11 is 0. The molecule has 0 radical (unpaired) electrons. The van der Waals surface area contributed by atoms with Gasteiger partial charge in [-0.2, -0.15) is 0 Å². The van der Waals surface area contributed by atoms with Crippen LogP contribution in [-0.4, -0.2) is 101 Å². The van der Waals surface area contributed by atoms with Crippen LogP contribution in [0.3, 0.4) is 0 Å². The van der Waals surface area contributed by atoms with Gasteiger partial charge in [-0.15, -0.1) is 0 Å². The lowest BCUT2D eigenvalue weighted by Crippen LogP contribution is -2.56. The number of likely N-dealkylation sites (N-methyl/N-ethyl adjacent to an activating group) is 1. The lowest BCUT2D eigenvalue weighted by atomic mass is 9.97. The first-order chi connectivity index (χ1) is 12.0. The number of carbonyl (C=O) groups is 1. The summed E-state index contributed by atoms with van der Waals surface area (Å²) in [7, 11) is 4.07. The Bertz CT molecular complexity index is 684. The number of carbonyl (C=O) groups excluding carboxylic acids is 1. The molecule has 0 bridgehead atoms. The van der Waals surface area contributed by atoms with Crippen LogP contribution in [0.2, 0.25) is 0 Å². The van der Waals surface area contributed by atoms with Gasteiger partial charge in [0.05, 0.1) is 12.1 Å². The average molecular weight is 346 g/mol. The van der Waals surface area contributed by atoms with Gasteiger partial charge in [-0.1, -0.05) is 5.10 Å². The molecule has 3 aliphatic rings. The van der Waals surface area contributed by atoms with Gasteiger partial charge >= 0.3 is 0 Å². The predicted molar refractivity (Wildman–Crippen MR) is 92.9 cm³/mol. The fourth-order valence-corrected chi connectivity index (χ4v) is 3.82. The Morgan fingerprint density at radius 2 is 1.88 bits per heavy atom. The molecule has 2 fully saturated rings. The molecule has 4 heterocycles. The Hall–Kier alpha value is -2.00. The number of hydrogen-bond donors (Lipinski definition) is 0. The maximum atomic E-state index is 12.9. The van der Waals surface area contributed by atoms with Crippen molar-refractivity contribution in [2.75, 3.05) is 64.8 Å². The van der Waals surface area contributed by atoms with Gasteiger partial charge in [-0.05, 0) is 24.4 Å². The molecular formula is C16H26N8O. The van der Waals surface area contributed by atoms with E-state index in [1.807, 2.05) is 23.8 Å². The van der Waals surface area contributed by atoms with E-state index < -0.39 is 0 Å². The van der Waals surface area contributed by atoms with Crippen LogP contribution in [0.25, 0.3) is 0 Å². The van der Waals surface area contributed by atoms with E-state index in [1.54, 1.807) is 4.68 Å². The minimum absolute atomic E-state index is 0.125. The number of rotatable bonds is 3. The molecule has 25 heavy (non-hydrogen) atoms. The lowest BCUT2D eigenvalue weighted by molar-refractivity contribution is -0.134. The highest BCUT2D eigenvalue weighted by Gasteiger charge is 2.36. The summed E-state index contributed by atoms with van der Waals surface area (Å²) in [6.07, 6.45) is 0. The molecule has 0 aliphatic carbocycles. The smallest absolute Gasteiger partial charge is 0.253 e. The molecule has 0 N–H and O–H groups in total. The Labute approximate surface area is 147 Å². The number of likely N-dealkylation sites (tertiary alicyclic amines) is 1. The summed E-state index contributed by atoms with van der Waals surface area (Å²) in [5.74, 6) is 1.41. The second-order valence-corrected chi connectivity index (χ2v) is 7.44. The molecule has 0 aromatic carbocycles. The third-order valence-electron chi connectivity index (χ3n) is 5.68. The number of nitrogens with zero attached hydrogens (tertiary/aromatic N) is 8. The first kappa shape index (κ1) is 16.5. The number of fused-ring (bicyclic) bond motifs is 1. The molecule has 2 saturated heterocycles. The normalized spacial score (nSPS) is 23.0. The molecule has 0 spiro atoms. The van der Waals surface area contributed by atoms with E-state index in [2.05, 4.69) is 32.4 Å². The quantitative estimate of drug-likeness (QED) is 0.702. The van der Waals surface area contributed by atoms with Crippen molar-refractivity contribution in [1.82, 2.24) is 34.9 Å². The van der Waals surface area contributed by atoms with Crippen LogP contribution in [0, 0.1) is 5.92 Å². The molecule has 1 amide bonds. The summed E-state index contributed by atoms with van der Waals surface area (Å²) < 4.78 is 1.68. The molecule has 4 rings (SSSR count). The zero-order valence-electron chi connectivity index (χ0n) is 15.2. The topological polar surface area (TPSA) is 73.6 Å². The molecule has 1 aromatic rings. The van der Waals surface area contributed by atoms with Crippen molar-refractivity contribution in [3.05, 3.63) is 11.3 Å². The molecule has 9 nitrogen and oxygen atoms in total. The summed E-state index contributed by atoms with van der Waals surface area (Å²) in [5, 5.41) is 11.7. The number of tetrazole rings is 1. The van der Waals surface area contributed by atoms with Crippen molar-refractivity contribution in [1.29, 1.82) is 0 Å². The molecular weight excluding hydrogens is 320 g/mol. The number of allylic oxidation sites excluding steroid dienone is 1. The van der Waals surface area contributed by atoms with E-state index in [9.17, 15) is 4.79 Å². The largest absolute Gasteiger partial charge is 0.338 e. The highest BCUT2D eigenvalue weighted by Crippen LogP contribution is 2.27. The van der Waals surface area contributed by atoms with E-state index in [0.717, 1.165) is 57.1 Å². The Balaban J connectivity index is 1.33. The summed E-state index contributed by atoms with van der Waals surface area (Å²) in [6, 6.07) is 0. The molecule has 1 aromatic heterocycles. The third kappa shape index (κ3) is 3.02. The second-order valence-electron chi connectivity index (χ2n) is 7.44. The Kier molecular flexibility index (Phi) is 4.20. The van der Waals surface area contributed by atoms with Gasteiger partial charge in [-0.3, -0.25) is 4.79 Å². The summed E-state index contributed by atoms with van der Waals surface area (Å²) in [4.78, 5) is 21.6. The van der Waals surface area contributed by atoms with Crippen LogP contribution < -0.4 is 4.90 Å². The minimum atomic E-state index is 0.125. The molecule has 0 atom stereocenters. The minimum Gasteiger partial charge on any atom is -0.338 e. The zero-order chi connectivity index (χ0) is 17.6. The highest BCUT2D eigenvalue weighted by molar-refractivity contribution is 5.95. The molecule has 9 heteroatoms. The van der Waals surface area contributed by atoms with Crippen molar-refractivity contribution in [3.63, 3.8) is 0 Å². The summed E-state index contributed by atoms with van der Waals surface area (Å²) in [6.45, 7) is 9.79. The second kappa shape index (κ2) is 6.38. The SMILES string of the molecule is CC1=C(C(=O)N2CC(CN3CCN(C)CC3)C2)Cn2nnnc2N1C. The van der Waals surface area contributed by atoms with E-state index in [1.165, 1.54) is 0 Å². The number of aromatic nitrogens is 4. The third-order valence-corrected chi connectivity index (χ3v) is 5.68. The number of hydrogen-bond acceptors (Lipinski definition) is 7. The van der Waals surface area contributed by atoms with E-state index in [0.29, 0.717) is 18.4 Å². The van der Waals surface area contributed by atoms with E-state index in [4.69, 9.17) is 0 Å². The van der Waals surface area contributed by atoms with Gasteiger partial charge in [0.15, 0.2) is 0 Å². The van der Waals surface area contributed by atoms with Crippen molar-refractivity contribution < 1.29 is 4.79 Å². The fraction of sp³-hybridized carbons (Fsp3) is 0.750. The van der Waals surface area contributed by atoms with Gasteiger partial charge in [0, 0.05) is 64.5 Å². The fourth-order valence-electron chi connectivity index (χ4n) is 3.82. The van der Waals surface area contributed by atoms with E-state index >= 15 is 0 Å². The van der Waals surface area contributed by atoms with Crippen LogP contribution in [0.4, 0.5) is 5.95 Å². The number of amides is 1. The Morgan fingerprint density at radius 3 is 2.60 bits per heavy atom. The van der Waals surface area contributed by atoms with Gasteiger partial charge in [0.25, 0.3) is 5.91 Å². The van der Waals surface area contributed by atoms with Gasteiger partial charge in [-0.25, -0.2) is 4.68 Å². The number of anilines is 1. The summed E-state index contributed by atoms with van der Waals surface area (Å²) in [5.41, 5.74) is 1.73. The Morgan fingerprint density at radius 1 is 1.16 bits per heavy atom. The van der Waals surface area contributed by atoms with Crippen LogP contribution >= 0.6 is 0 Å².